The van der Waals surface area contributed by atoms with E-state index < -0.39 is 0 Å². The molecule has 3 heterocycles. The van der Waals surface area contributed by atoms with Crippen molar-refractivity contribution in [3.05, 3.63) is 48.5 Å². The molecule has 0 amide bonds. The van der Waals surface area contributed by atoms with E-state index in [1.54, 1.807) is 18.6 Å². The van der Waals surface area contributed by atoms with Gasteiger partial charge in [0.1, 0.15) is 11.7 Å². The Bertz CT molecular complexity index is 721. The second-order valence-electron chi connectivity index (χ2n) is 3.67. The smallest absolute Gasteiger partial charge is 0.137 e. The number of nitrogens with one attached hydrogen (secondary N) is 1. The van der Waals surface area contributed by atoms with Crippen molar-refractivity contribution in [1.82, 2.24) is 15.0 Å². The topological polar surface area (TPSA) is 65.4 Å². The molecule has 0 spiro atoms. The molecule has 0 aliphatic heterocycles. The van der Waals surface area contributed by atoms with E-state index in [0.717, 1.165) is 22.2 Å². The van der Waals surface area contributed by atoms with Gasteiger partial charge in [0.15, 0.2) is 0 Å². The van der Waals surface area contributed by atoms with Crippen LogP contribution in [0.1, 0.15) is 5.56 Å². The lowest BCUT2D eigenvalue weighted by Gasteiger charge is -2.02. The number of fused-ring (bicyclic) bond motifs is 1. The van der Waals surface area contributed by atoms with Crippen LogP contribution in [0.15, 0.2) is 43.0 Å². The van der Waals surface area contributed by atoms with Gasteiger partial charge in [-0.15, -0.1) is 0 Å². The first kappa shape index (κ1) is 9.55. The van der Waals surface area contributed by atoms with Gasteiger partial charge >= 0.3 is 0 Å². The van der Waals surface area contributed by atoms with Crippen LogP contribution in [0, 0.1) is 11.3 Å². The van der Waals surface area contributed by atoms with Gasteiger partial charge in [0.2, 0.25) is 0 Å². The molecule has 0 bridgehead atoms. The Labute approximate surface area is 97.6 Å². The summed E-state index contributed by atoms with van der Waals surface area (Å²) in [5, 5.41) is 9.91. The van der Waals surface area contributed by atoms with Crippen LogP contribution in [0.5, 0.6) is 0 Å². The highest BCUT2D eigenvalue weighted by molar-refractivity contribution is 5.92. The number of aromatic nitrogens is 3. The SMILES string of the molecule is N#Cc1cncc(-c2ccnc3[nH]ccc23)c1. The van der Waals surface area contributed by atoms with Crippen molar-refractivity contribution in [1.29, 1.82) is 5.26 Å². The Balaban J connectivity index is 2.27. The Morgan fingerprint density at radius 3 is 3.06 bits per heavy atom. The molecule has 4 heteroatoms. The minimum atomic E-state index is 0.558. The summed E-state index contributed by atoms with van der Waals surface area (Å²) in [6, 6.07) is 7.82. The normalized spacial score (nSPS) is 10.3. The van der Waals surface area contributed by atoms with Gasteiger partial charge in [0, 0.05) is 35.7 Å². The van der Waals surface area contributed by atoms with E-state index in [1.807, 2.05) is 24.4 Å². The number of H-pyrrole nitrogens is 1. The van der Waals surface area contributed by atoms with Gasteiger partial charge in [-0.25, -0.2) is 4.98 Å². The van der Waals surface area contributed by atoms with Crippen molar-refractivity contribution < 1.29 is 0 Å². The molecule has 0 radical (unpaired) electrons. The predicted molar refractivity (Wildman–Crippen MR) is 64.0 cm³/mol. The maximum atomic E-state index is 8.87. The zero-order valence-electron chi connectivity index (χ0n) is 8.88. The molecule has 0 atom stereocenters. The second-order valence-corrected chi connectivity index (χ2v) is 3.67. The average molecular weight is 220 g/mol. The zero-order chi connectivity index (χ0) is 11.7. The minimum absolute atomic E-state index is 0.558. The van der Waals surface area contributed by atoms with Gasteiger partial charge in [-0.1, -0.05) is 0 Å². The van der Waals surface area contributed by atoms with E-state index in [9.17, 15) is 0 Å². The maximum Gasteiger partial charge on any atom is 0.137 e. The summed E-state index contributed by atoms with van der Waals surface area (Å²) in [5.41, 5.74) is 3.35. The fourth-order valence-electron chi connectivity index (χ4n) is 1.86. The Morgan fingerprint density at radius 2 is 2.18 bits per heavy atom. The van der Waals surface area contributed by atoms with Crippen LogP contribution in [0.4, 0.5) is 0 Å². The van der Waals surface area contributed by atoms with Crippen LogP contribution in [-0.2, 0) is 0 Å². The third kappa shape index (κ3) is 1.54. The number of aromatic amines is 1. The molecule has 0 aliphatic rings. The molecule has 3 aromatic heterocycles. The Kier molecular flexibility index (Phi) is 2.09. The fourth-order valence-corrected chi connectivity index (χ4v) is 1.86. The lowest BCUT2D eigenvalue weighted by atomic mass is 10.0. The summed E-state index contributed by atoms with van der Waals surface area (Å²) in [5.74, 6) is 0. The lowest BCUT2D eigenvalue weighted by Crippen LogP contribution is -1.85. The van der Waals surface area contributed by atoms with Crippen LogP contribution < -0.4 is 0 Å². The molecule has 1 N–H and O–H groups in total. The van der Waals surface area contributed by atoms with Crippen molar-refractivity contribution in [2.75, 3.05) is 0 Å². The van der Waals surface area contributed by atoms with E-state index >= 15 is 0 Å². The number of rotatable bonds is 1. The standard InChI is InChI=1S/C13H8N4/c14-6-9-5-10(8-15-7-9)11-1-3-16-13-12(11)2-4-17-13/h1-5,7-8H,(H,16,17). The van der Waals surface area contributed by atoms with Crippen LogP contribution in [0.3, 0.4) is 0 Å². The van der Waals surface area contributed by atoms with Crippen molar-refractivity contribution in [2.45, 2.75) is 0 Å². The number of pyridine rings is 2. The lowest BCUT2D eigenvalue weighted by molar-refractivity contribution is 1.30. The summed E-state index contributed by atoms with van der Waals surface area (Å²) in [6.45, 7) is 0. The van der Waals surface area contributed by atoms with E-state index in [1.165, 1.54) is 0 Å². The first-order chi connectivity index (χ1) is 8.38. The highest BCUT2D eigenvalue weighted by atomic mass is 14.8. The largest absolute Gasteiger partial charge is 0.346 e. The van der Waals surface area contributed by atoms with Gasteiger partial charge in [-0.05, 0) is 23.8 Å². The quantitative estimate of drug-likeness (QED) is 0.685. The highest BCUT2D eigenvalue weighted by Gasteiger charge is 2.06. The van der Waals surface area contributed by atoms with Crippen LogP contribution in [0.2, 0.25) is 0 Å². The summed E-state index contributed by atoms with van der Waals surface area (Å²) in [7, 11) is 0. The second kappa shape index (κ2) is 3.72. The van der Waals surface area contributed by atoms with Crippen LogP contribution in [-0.4, -0.2) is 15.0 Å². The van der Waals surface area contributed by atoms with E-state index in [2.05, 4.69) is 21.0 Å². The first-order valence-electron chi connectivity index (χ1n) is 5.16. The monoisotopic (exact) mass is 220 g/mol. The van der Waals surface area contributed by atoms with Crippen LogP contribution >= 0.6 is 0 Å². The zero-order valence-corrected chi connectivity index (χ0v) is 8.88. The van der Waals surface area contributed by atoms with Gasteiger partial charge in [0.25, 0.3) is 0 Å². The molecule has 0 fully saturated rings. The third-order valence-electron chi connectivity index (χ3n) is 2.64. The molecule has 0 aliphatic carbocycles. The molecule has 80 valence electrons. The molecule has 0 saturated heterocycles. The predicted octanol–water partition coefficient (Wildman–Crippen LogP) is 2.50. The summed E-state index contributed by atoms with van der Waals surface area (Å²) in [6.07, 6.45) is 6.90. The van der Waals surface area contributed by atoms with Crippen LogP contribution in [0.25, 0.3) is 22.2 Å². The molecule has 0 unspecified atom stereocenters. The molecule has 0 aromatic carbocycles. The number of hydrogen-bond donors (Lipinski definition) is 1. The summed E-state index contributed by atoms with van der Waals surface area (Å²) < 4.78 is 0. The number of nitriles is 1. The van der Waals surface area contributed by atoms with Gasteiger partial charge in [-0.3, -0.25) is 4.98 Å². The molecule has 4 nitrogen and oxygen atoms in total. The average Bonchev–Trinajstić information content (AvgIpc) is 2.87. The minimum Gasteiger partial charge on any atom is -0.346 e. The van der Waals surface area contributed by atoms with E-state index in [4.69, 9.17) is 5.26 Å². The Morgan fingerprint density at radius 1 is 1.24 bits per heavy atom. The fraction of sp³-hybridized carbons (Fsp3) is 0. The molecule has 3 aromatic rings. The first-order valence-corrected chi connectivity index (χ1v) is 5.16. The highest BCUT2D eigenvalue weighted by Crippen LogP contribution is 2.26. The summed E-state index contributed by atoms with van der Waals surface area (Å²) in [4.78, 5) is 11.4. The van der Waals surface area contributed by atoms with E-state index in [-0.39, 0.29) is 0 Å². The van der Waals surface area contributed by atoms with Gasteiger partial charge in [0.05, 0.1) is 5.56 Å². The molecule has 3 rings (SSSR count). The number of nitrogens with zero attached hydrogens (tertiary/aromatic N) is 3. The van der Waals surface area contributed by atoms with Gasteiger partial charge in [-0.2, -0.15) is 5.26 Å². The number of hydrogen-bond acceptors (Lipinski definition) is 3. The Hall–Kier alpha value is -2.67. The van der Waals surface area contributed by atoms with Crippen molar-refractivity contribution in [2.24, 2.45) is 0 Å². The van der Waals surface area contributed by atoms with Gasteiger partial charge < -0.3 is 4.98 Å². The van der Waals surface area contributed by atoms with Crippen molar-refractivity contribution in [3.63, 3.8) is 0 Å². The molecule has 0 saturated carbocycles. The van der Waals surface area contributed by atoms with Crippen molar-refractivity contribution in [3.8, 4) is 17.2 Å². The third-order valence-corrected chi connectivity index (χ3v) is 2.64. The maximum absolute atomic E-state index is 8.87. The molecular formula is C13H8N4. The summed E-state index contributed by atoms with van der Waals surface area (Å²) >= 11 is 0. The molecular weight excluding hydrogens is 212 g/mol. The van der Waals surface area contributed by atoms with E-state index in [0.29, 0.717) is 5.56 Å². The van der Waals surface area contributed by atoms with Crippen molar-refractivity contribution >= 4 is 11.0 Å². The molecule has 17 heavy (non-hydrogen) atoms.